The van der Waals surface area contributed by atoms with Crippen LogP contribution in [0, 0.1) is 0 Å². The highest BCUT2D eigenvalue weighted by atomic mass is 35.5. The number of amides is 1. The van der Waals surface area contributed by atoms with Crippen LogP contribution in [0.25, 0.3) is 0 Å². The number of carbonyl (C=O) groups excluding carboxylic acids is 1. The molecule has 0 saturated carbocycles. The SMILES string of the molecule is O=C(NC1CC=CC1)c1ccc(Cl)cc1O. The number of benzene rings is 1. The van der Waals surface area contributed by atoms with Crippen LogP contribution in [0.4, 0.5) is 0 Å². The Morgan fingerprint density at radius 2 is 2.06 bits per heavy atom. The molecule has 1 amide bonds. The van der Waals surface area contributed by atoms with Gasteiger partial charge in [-0.25, -0.2) is 0 Å². The Morgan fingerprint density at radius 3 is 2.69 bits per heavy atom. The molecule has 0 fully saturated rings. The van der Waals surface area contributed by atoms with Crippen LogP contribution in [-0.4, -0.2) is 17.1 Å². The summed E-state index contributed by atoms with van der Waals surface area (Å²) in [6, 6.07) is 4.62. The predicted molar refractivity (Wildman–Crippen MR) is 62.7 cm³/mol. The highest BCUT2D eigenvalue weighted by Gasteiger charge is 2.16. The van der Waals surface area contributed by atoms with Gasteiger partial charge in [0.15, 0.2) is 0 Å². The number of phenols is 1. The summed E-state index contributed by atoms with van der Waals surface area (Å²) in [5, 5.41) is 12.8. The Bertz CT molecular complexity index is 435. The Labute approximate surface area is 98.7 Å². The largest absolute Gasteiger partial charge is 0.507 e. The van der Waals surface area contributed by atoms with Crippen molar-refractivity contribution in [2.75, 3.05) is 0 Å². The standard InChI is InChI=1S/C12H12ClNO2/c13-8-5-6-10(11(15)7-8)12(16)14-9-3-1-2-4-9/h1-2,5-7,9,15H,3-4H2,(H,14,16). The first kappa shape index (κ1) is 11.0. The summed E-state index contributed by atoms with van der Waals surface area (Å²) >= 11 is 5.69. The van der Waals surface area contributed by atoms with Gasteiger partial charge < -0.3 is 10.4 Å². The molecule has 1 aromatic carbocycles. The van der Waals surface area contributed by atoms with E-state index in [2.05, 4.69) is 5.32 Å². The van der Waals surface area contributed by atoms with E-state index in [9.17, 15) is 9.90 Å². The maximum atomic E-state index is 11.8. The Morgan fingerprint density at radius 1 is 1.38 bits per heavy atom. The summed E-state index contributed by atoms with van der Waals surface area (Å²) in [6.07, 6.45) is 5.76. The van der Waals surface area contributed by atoms with Gasteiger partial charge in [-0.2, -0.15) is 0 Å². The summed E-state index contributed by atoms with van der Waals surface area (Å²) in [7, 11) is 0. The molecule has 0 bridgehead atoms. The molecule has 0 atom stereocenters. The van der Waals surface area contributed by atoms with Gasteiger partial charge in [-0.3, -0.25) is 4.79 Å². The van der Waals surface area contributed by atoms with Crippen LogP contribution in [0.3, 0.4) is 0 Å². The average molecular weight is 238 g/mol. The third-order valence-corrected chi connectivity index (χ3v) is 2.78. The van der Waals surface area contributed by atoms with E-state index < -0.39 is 0 Å². The van der Waals surface area contributed by atoms with E-state index in [-0.39, 0.29) is 23.3 Å². The van der Waals surface area contributed by atoms with Crippen LogP contribution in [0.15, 0.2) is 30.4 Å². The van der Waals surface area contributed by atoms with Crippen molar-refractivity contribution >= 4 is 17.5 Å². The van der Waals surface area contributed by atoms with E-state index in [0.29, 0.717) is 5.02 Å². The molecule has 84 valence electrons. The van der Waals surface area contributed by atoms with Gasteiger partial charge in [0.25, 0.3) is 5.91 Å². The van der Waals surface area contributed by atoms with Crippen LogP contribution in [0.2, 0.25) is 5.02 Å². The number of hydrogen-bond donors (Lipinski definition) is 2. The lowest BCUT2D eigenvalue weighted by Crippen LogP contribution is -2.32. The van der Waals surface area contributed by atoms with Crippen molar-refractivity contribution in [3.05, 3.63) is 40.9 Å². The molecule has 2 rings (SSSR count). The van der Waals surface area contributed by atoms with Gasteiger partial charge in [-0.1, -0.05) is 23.8 Å². The van der Waals surface area contributed by atoms with Gasteiger partial charge in [0, 0.05) is 11.1 Å². The van der Waals surface area contributed by atoms with Gasteiger partial charge in [-0.05, 0) is 31.0 Å². The summed E-state index contributed by atoms with van der Waals surface area (Å²) in [5.41, 5.74) is 0.260. The second kappa shape index (κ2) is 4.58. The second-order valence-electron chi connectivity index (χ2n) is 3.77. The fraction of sp³-hybridized carbons (Fsp3) is 0.250. The highest BCUT2D eigenvalue weighted by molar-refractivity contribution is 6.30. The molecule has 0 unspecified atom stereocenters. The second-order valence-corrected chi connectivity index (χ2v) is 4.21. The van der Waals surface area contributed by atoms with Gasteiger partial charge in [0.1, 0.15) is 5.75 Å². The first-order valence-corrected chi connectivity index (χ1v) is 5.49. The third-order valence-electron chi connectivity index (χ3n) is 2.55. The molecule has 0 aliphatic heterocycles. The zero-order valence-electron chi connectivity index (χ0n) is 8.61. The van der Waals surface area contributed by atoms with Crippen molar-refractivity contribution in [2.45, 2.75) is 18.9 Å². The Kier molecular flexibility index (Phi) is 3.15. The molecule has 2 N–H and O–H groups in total. The topological polar surface area (TPSA) is 49.3 Å². The van der Waals surface area contributed by atoms with E-state index in [1.54, 1.807) is 6.07 Å². The van der Waals surface area contributed by atoms with E-state index in [0.717, 1.165) is 12.8 Å². The molecule has 0 aromatic heterocycles. The van der Waals surface area contributed by atoms with Crippen LogP contribution in [0.5, 0.6) is 5.75 Å². The average Bonchev–Trinajstić information content (AvgIpc) is 2.70. The molecule has 1 aliphatic rings. The lowest BCUT2D eigenvalue weighted by atomic mass is 10.1. The number of carbonyl (C=O) groups is 1. The van der Waals surface area contributed by atoms with Crippen molar-refractivity contribution in [1.82, 2.24) is 5.32 Å². The highest BCUT2D eigenvalue weighted by Crippen LogP contribution is 2.22. The first-order valence-electron chi connectivity index (χ1n) is 5.11. The maximum Gasteiger partial charge on any atom is 0.255 e. The van der Waals surface area contributed by atoms with Gasteiger partial charge in [0.05, 0.1) is 5.56 Å². The summed E-state index contributed by atoms with van der Waals surface area (Å²) in [4.78, 5) is 11.8. The van der Waals surface area contributed by atoms with Gasteiger partial charge in [-0.15, -0.1) is 0 Å². The van der Waals surface area contributed by atoms with Crippen LogP contribution < -0.4 is 5.32 Å². The minimum atomic E-state index is -0.261. The molecule has 1 aliphatic carbocycles. The van der Waals surface area contributed by atoms with Crippen LogP contribution in [-0.2, 0) is 0 Å². The van der Waals surface area contributed by atoms with Crippen molar-refractivity contribution in [3.63, 3.8) is 0 Å². The predicted octanol–water partition coefficient (Wildman–Crippen LogP) is 2.49. The molecule has 0 radical (unpaired) electrons. The van der Waals surface area contributed by atoms with Crippen LogP contribution in [0.1, 0.15) is 23.2 Å². The molecule has 0 heterocycles. The molecule has 0 spiro atoms. The maximum absolute atomic E-state index is 11.8. The Hall–Kier alpha value is -1.48. The minimum absolute atomic E-state index is 0.0871. The number of rotatable bonds is 2. The molecule has 4 heteroatoms. The fourth-order valence-corrected chi connectivity index (χ4v) is 1.86. The monoisotopic (exact) mass is 237 g/mol. The smallest absolute Gasteiger partial charge is 0.255 e. The Balaban J connectivity index is 2.08. The summed E-state index contributed by atoms with van der Waals surface area (Å²) in [5.74, 6) is -0.348. The molecule has 3 nitrogen and oxygen atoms in total. The quantitative estimate of drug-likeness (QED) is 0.777. The van der Waals surface area contributed by atoms with Crippen LogP contribution >= 0.6 is 11.6 Å². The van der Waals surface area contributed by atoms with Crippen molar-refractivity contribution in [3.8, 4) is 5.75 Å². The van der Waals surface area contributed by atoms with Gasteiger partial charge in [0.2, 0.25) is 0 Å². The van der Waals surface area contributed by atoms with Crippen molar-refractivity contribution < 1.29 is 9.90 Å². The fourth-order valence-electron chi connectivity index (χ4n) is 1.70. The van der Waals surface area contributed by atoms with E-state index >= 15 is 0 Å². The zero-order chi connectivity index (χ0) is 11.5. The van der Waals surface area contributed by atoms with E-state index in [1.165, 1.54) is 12.1 Å². The number of hydrogen-bond acceptors (Lipinski definition) is 2. The van der Waals surface area contributed by atoms with Crippen molar-refractivity contribution in [2.24, 2.45) is 0 Å². The zero-order valence-corrected chi connectivity index (χ0v) is 9.37. The molecular weight excluding hydrogens is 226 g/mol. The van der Waals surface area contributed by atoms with E-state index in [4.69, 9.17) is 11.6 Å². The summed E-state index contributed by atoms with van der Waals surface area (Å²) in [6.45, 7) is 0. The minimum Gasteiger partial charge on any atom is -0.507 e. The number of halogens is 1. The lowest BCUT2D eigenvalue weighted by Gasteiger charge is -2.12. The molecule has 0 saturated heterocycles. The number of phenolic OH excluding ortho intramolecular Hbond substituents is 1. The number of nitrogens with one attached hydrogen (secondary N) is 1. The number of aromatic hydroxyl groups is 1. The summed E-state index contributed by atoms with van der Waals surface area (Å²) < 4.78 is 0. The van der Waals surface area contributed by atoms with Gasteiger partial charge >= 0.3 is 0 Å². The molecular formula is C12H12ClNO2. The third kappa shape index (κ3) is 2.36. The molecule has 1 aromatic rings. The van der Waals surface area contributed by atoms with Crippen molar-refractivity contribution in [1.29, 1.82) is 0 Å². The molecule has 16 heavy (non-hydrogen) atoms. The van der Waals surface area contributed by atoms with E-state index in [1.807, 2.05) is 12.2 Å². The first-order chi connectivity index (χ1) is 7.66. The lowest BCUT2D eigenvalue weighted by molar-refractivity contribution is 0.0936. The normalized spacial score (nSPS) is 15.3.